The number of aromatic nitrogens is 3. The molecular formula is C24H24F3N5O3S. The van der Waals surface area contributed by atoms with Gasteiger partial charge in [-0.3, -0.25) is 4.90 Å². The first kappa shape index (κ1) is 26.7. The molecular weight excluding hydrogens is 495 g/mol. The Morgan fingerprint density at radius 1 is 1.17 bits per heavy atom. The van der Waals surface area contributed by atoms with Gasteiger partial charge in [-0.25, -0.2) is 19.6 Å². The minimum Gasteiger partial charge on any atom is -0.475 e. The summed E-state index contributed by atoms with van der Waals surface area (Å²) >= 11 is 1.53. The lowest BCUT2D eigenvalue weighted by Crippen LogP contribution is -2.31. The van der Waals surface area contributed by atoms with Crippen LogP contribution in [0.1, 0.15) is 30.9 Å². The van der Waals surface area contributed by atoms with Gasteiger partial charge >= 0.3 is 18.2 Å². The number of carbonyl (C=O) groups excluding carboxylic acids is 1. The molecule has 190 valence electrons. The van der Waals surface area contributed by atoms with Gasteiger partial charge in [-0.2, -0.15) is 13.2 Å². The number of amides is 2. The topological polar surface area (TPSA) is 111 Å². The minimum atomic E-state index is -5.08. The summed E-state index contributed by atoms with van der Waals surface area (Å²) in [5.41, 5.74) is 8.15. The lowest BCUT2D eigenvalue weighted by Gasteiger charge is -2.21. The quantitative estimate of drug-likeness (QED) is 0.288. The Labute approximate surface area is 208 Å². The highest BCUT2D eigenvalue weighted by Crippen LogP contribution is 2.26. The van der Waals surface area contributed by atoms with Crippen molar-refractivity contribution in [2.45, 2.75) is 32.9 Å². The van der Waals surface area contributed by atoms with Crippen LogP contribution in [0.4, 0.5) is 29.3 Å². The maximum absolute atomic E-state index is 12.9. The van der Waals surface area contributed by atoms with E-state index in [9.17, 15) is 18.0 Å². The maximum atomic E-state index is 12.9. The van der Waals surface area contributed by atoms with Gasteiger partial charge in [0.15, 0.2) is 5.82 Å². The lowest BCUT2D eigenvalue weighted by atomic mass is 10.0. The first-order chi connectivity index (χ1) is 16.9. The molecule has 2 amide bonds. The van der Waals surface area contributed by atoms with Gasteiger partial charge < -0.3 is 15.4 Å². The van der Waals surface area contributed by atoms with Crippen molar-refractivity contribution in [1.82, 2.24) is 15.0 Å². The number of fused-ring (bicyclic) bond motifs is 1. The van der Waals surface area contributed by atoms with Crippen molar-refractivity contribution in [2.75, 3.05) is 17.3 Å². The number of thiazole rings is 1. The van der Waals surface area contributed by atoms with E-state index in [0.29, 0.717) is 11.6 Å². The number of anilines is 2. The molecule has 0 aliphatic rings. The zero-order valence-corrected chi connectivity index (χ0v) is 20.7. The molecule has 8 nitrogen and oxygen atoms in total. The molecule has 0 fully saturated rings. The van der Waals surface area contributed by atoms with Gasteiger partial charge in [0.05, 0.1) is 16.5 Å². The molecule has 2 aromatic carbocycles. The van der Waals surface area contributed by atoms with Gasteiger partial charge in [0, 0.05) is 23.8 Å². The molecule has 0 bridgehead atoms. The highest BCUT2D eigenvalue weighted by molar-refractivity contribution is 7.07. The third-order valence-corrected chi connectivity index (χ3v) is 5.80. The molecule has 0 saturated carbocycles. The van der Waals surface area contributed by atoms with E-state index in [1.807, 2.05) is 30.5 Å². The molecule has 2 heterocycles. The summed E-state index contributed by atoms with van der Waals surface area (Å²) in [4.78, 5) is 35.5. The second-order valence-corrected chi connectivity index (χ2v) is 8.90. The zero-order chi connectivity index (χ0) is 26.6. The number of urea groups is 1. The standard InChI is InChI=1S/C22H23N5OS.C2HF3O2/c1-13(2)15-6-5-14(3)20(9-15)27(4)22(28)24-16-7-8-17-18(10-16)26-21(25-17)19-11-29-12-23-19;3-2(4,5)1(6)7/h5-13H,1-4H3,(H,24,28)(H,25,26);(H,6,7). The van der Waals surface area contributed by atoms with Crippen LogP contribution in [0.5, 0.6) is 0 Å². The Kier molecular flexibility index (Phi) is 7.98. The predicted octanol–water partition coefficient (Wildman–Crippen LogP) is 6.42. The number of nitrogens with one attached hydrogen (secondary N) is 2. The van der Waals surface area contributed by atoms with Crippen LogP contribution in [0.2, 0.25) is 0 Å². The fourth-order valence-electron chi connectivity index (χ4n) is 3.20. The number of H-pyrrole nitrogens is 1. The summed E-state index contributed by atoms with van der Waals surface area (Å²) < 4.78 is 31.7. The van der Waals surface area contributed by atoms with E-state index in [0.717, 1.165) is 33.8 Å². The molecule has 0 saturated heterocycles. The summed E-state index contributed by atoms with van der Waals surface area (Å²) in [7, 11) is 1.79. The molecule has 0 unspecified atom stereocenters. The van der Waals surface area contributed by atoms with Crippen molar-refractivity contribution < 1.29 is 27.9 Å². The third-order valence-electron chi connectivity index (χ3n) is 5.22. The van der Waals surface area contributed by atoms with Crippen molar-refractivity contribution in [3.05, 3.63) is 58.4 Å². The number of hydrogen-bond acceptors (Lipinski definition) is 5. The number of nitrogens with zero attached hydrogens (tertiary/aromatic N) is 3. The molecule has 36 heavy (non-hydrogen) atoms. The van der Waals surface area contributed by atoms with Crippen molar-refractivity contribution in [1.29, 1.82) is 0 Å². The fraction of sp³-hybridized carbons (Fsp3) is 0.250. The molecule has 0 aliphatic heterocycles. The molecule has 12 heteroatoms. The van der Waals surface area contributed by atoms with Crippen molar-refractivity contribution in [2.24, 2.45) is 0 Å². The first-order valence-corrected chi connectivity index (χ1v) is 11.6. The number of carboxylic acids is 1. The summed E-state index contributed by atoms with van der Waals surface area (Å²) in [6.07, 6.45) is -5.08. The average molecular weight is 520 g/mol. The van der Waals surface area contributed by atoms with E-state index in [1.54, 1.807) is 17.5 Å². The van der Waals surface area contributed by atoms with Crippen molar-refractivity contribution in [3.8, 4) is 11.5 Å². The van der Waals surface area contributed by atoms with Gasteiger partial charge in [-0.05, 0) is 48.2 Å². The Morgan fingerprint density at radius 2 is 1.86 bits per heavy atom. The van der Waals surface area contributed by atoms with Gasteiger partial charge in [-0.1, -0.05) is 26.0 Å². The van der Waals surface area contributed by atoms with Gasteiger partial charge in [-0.15, -0.1) is 11.3 Å². The van der Waals surface area contributed by atoms with Crippen LogP contribution in [0, 0.1) is 6.92 Å². The molecule has 0 atom stereocenters. The molecule has 0 aliphatic carbocycles. The summed E-state index contributed by atoms with van der Waals surface area (Å²) in [6, 6.07) is 11.7. The number of hydrogen-bond donors (Lipinski definition) is 3. The number of imidazole rings is 1. The predicted molar refractivity (Wildman–Crippen MR) is 134 cm³/mol. The summed E-state index contributed by atoms with van der Waals surface area (Å²) in [5.74, 6) is -1.63. The molecule has 0 radical (unpaired) electrons. The third kappa shape index (κ3) is 6.39. The largest absolute Gasteiger partial charge is 0.490 e. The number of carbonyl (C=O) groups is 2. The number of benzene rings is 2. The van der Waals surface area contributed by atoms with E-state index in [1.165, 1.54) is 16.9 Å². The number of aryl methyl sites for hydroxylation is 1. The Morgan fingerprint density at radius 3 is 2.44 bits per heavy atom. The number of aliphatic carboxylic acids is 1. The molecule has 4 rings (SSSR count). The van der Waals surface area contributed by atoms with Gasteiger partial charge in [0.2, 0.25) is 0 Å². The van der Waals surface area contributed by atoms with Crippen LogP contribution in [0.15, 0.2) is 47.3 Å². The van der Waals surface area contributed by atoms with Crippen LogP contribution in [0.25, 0.3) is 22.6 Å². The van der Waals surface area contributed by atoms with E-state index in [2.05, 4.69) is 52.3 Å². The van der Waals surface area contributed by atoms with E-state index < -0.39 is 12.1 Å². The number of alkyl halides is 3. The van der Waals surface area contributed by atoms with Crippen LogP contribution in [-0.4, -0.2) is 45.3 Å². The number of carboxylic acid groups (broad SMARTS) is 1. The Bertz CT molecular complexity index is 1370. The highest BCUT2D eigenvalue weighted by atomic mass is 32.1. The maximum Gasteiger partial charge on any atom is 0.490 e. The van der Waals surface area contributed by atoms with Crippen LogP contribution >= 0.6 is 11.3 Å². The monoisotopic (exact) mass is 519 g/mol. The summed E-state index contributed by atoms with van der Waals surface area (Å²) in [5, 5.41) is 12.0. The molecule has 4 aromatic rings. The zero-order valence-electron chi connectivity index (χ0n) is 19.8. The van der Waals surface area contributed by atoms with Crippen molar-refractivity contribution >= 4 is 45.7 Å². The Balaban J connectivity index is 0.000000454. The van der Waals surface area contributed by atoms with Crippen LogP contribution in [-0.2, 0) is 4.79 Å². The average Bonchev–Trinajstić information content (AvgIpc) is 3.48. The smallest absolute Gasteiger partial charge is 0.475 e. The van der Waals surface area contributed by atoms with E-state index >= 15 is 0 Å². The SMILES string of the molecule is Cc1ccc(C(C)C)cc1N(C)C(=O)Nc1ccc2[nH]c(-c3cscn3)nc2c1.O=C(O)C(F)(F)F. The molecule has 3 N–H and O–H groups in total. The number of halogens is 3. The molecule has 0 spiro atoms. The van der Waals surface area contributed by atoms with Crippen LogP contribution in [0.3, 0.4) is 0 Å². The van der Waals surface area contributed by atoms with Gasteiger partial charge in [0.1, 0.15) is 5.69 Å². The fourth-order valence-corrected chi connectivity index (χ4v) is 3.73. The first-order valence-electron chi connectivity index (χ1n) is 10.7. The normalized spacial score (nSPS) is 11.2. The van der Waals surface area contributed by atoms with E-state index in [-0.39, 0.29) is 6.03 Å². The molecule has 2 aromatic heterocycles. The Hall–Kier alpha value is -3.93. The minimum absolute atomic E-state index is 0.191. The van der Waals surface area contributed by atoms with Crippen LogP contribution < -0.4 is 10.2 Å². The van der Waals surface area contributed by atoms with Crippen molar-refractivity contribution in [3.63, 3.8) is 0 Å². The second-order valence-electron chi connectivity index (χ2n) is 8.18. The highest BCUT2D eigenvalue weighted by Gasteiger charge is 2.38. The lowest BCUT2D eigenvalue weighted by molar-refractivity contribution is -0.192. The number of rotatable bonds is 4. The summed E-state index contributed by atoms with van der Waals surface area (Å²) in [6.45, 7) is 6.31. The van der Waals surface area contributed by atoms with E-state index in [4.69, 9.17) is 9.90 Å². The van der Waals surface area contributed by atoms with Gasteiger partial charge in [0.25, 0.3) is 0 Å². The second kappa shape index (κ2) is 10.8. The number of aromatic amines is 1.